The molecular formula is C12H14Cl2FNO4S. The van der Waals surface area contributed by atoms with Crippen molar-refractivity contribution in [1.82, 2.24) is 5.32 Å². The minimum atomic E-state index is -3.67. The van der Waals surface area contributed by atoms with Crippen molar-refractivity contribution in [3.8, 4) is 0 Å². The van der Waals surface area contributed by atoms with Gasteiger partial charge in [0.1, 0.15) is 11.6 Å². The molecule has 9 heteroatoms. The number of aliphatic carboxylic acids is 1. The van der Waals surface area contributed by atoms with Crippen LogP contribution in [0.15, 0.2) is 12.1 Å². The molecule has 0 saturated heterocycles. The summed E-state index contributed by atoms with van der Waals surface area (Å²) in [5, 5.41) is 11.5. The molecule has 1 aromatic rings. The van der Waals surface area contributed by atoms with E-state index in [0.717, 1.165) is 0 Å². The van der Waals surface area contributed by atoms with E-state index in [4.69, 9.17) is 28.3 Å². The van der Waals surface area contributed by atoms with E-state index in [9.17, 15) is 17.6 Å². The largest absolute Gasteiger partial charge is 0.480 e. The normalized spacial score (nSPS) is 13.1. The monoisotopic (exact) mass is 357 g/mol. The fourth-order valence-corrected chi connectivity index (χ4v) is 3.17. The zero-order valence-electron chi connectivity index (χ0n) is 11.1. The second-order valence-electron chi connectivity index (χ2n) is 4.45. The van der Waals surface area contributed by atoms with Gasteiger partial charge in [-0.25, -0.2) is 12.8 Å². The molecule has 1 atom stereocenters. The van der Waals surface area contributed by atoms with Gasteiger partial charge in [0.25, 0.3) is 0 Å². The van der Waals surface area contributed by atoms with Crippen molar-refractivity contribution in [1.29, 1.82) is 0 Å². The van der Waals surface area contributed by atoms with Crippen LogP contribution in [0.1, 0.15) is 18.5 Å². The Balaban J connectivity index is 2.65. The summed E-state index contributed by atoms with van der Waals surface area (Å²) >= 11 is 11.5. The number of rotatable bonds is 7. The van der Waals surface area contributed by atoms with E-state index in [0.29, 0.717) is 5.56 Å². The maximum atomic E-state index is 13.4. The van der Waals surface area contributed by atoms with Crippen LogP contribution in [-0.4, -0.2) is 37.5 Å². The number of carboxylic acid groups (broad SMARTS) is 1. The molecule has 1 unspecified atom stereocenters. The highest BCUT2D eigenvalue weighted by Gasteiger charge is 2.17. The summed E-state index contributed by atoms with van der Waals surface area (Å²) in [6.45, 7) is 1.70. The molecule has 0 fully saturated rings. The van der Waals surface area contributed by atoms with Crippen LogP contribution in [-0.2, 0) is 14.6 Å². The molecule has 2 N–H and O–H groups in total. The zero-order valence-corrected chi connectivity index (χ0v) is 13.4. The fourth-order valence-electron chi connectivity index (χ4n) is 1.67. The smallest absolute Gasteiger partial charge is 0.318 e. The molecule has 0 bridgehead atoms. The number of nitrogens with one attached hydrogen (secondary N) is 1. The molecule has 0 amide bonds. The number of sulfone groups is 1. The van der Waals surface area contributed by atoms with Crippen LogP contribution in [0.4, 0.5) is 4.39 Å². The van der Waals surface area contributed by atoms with Crippen molar-refractivity contribution >= 4 is 39.0 Å². The molecule has 0 aliphatic rings. The van der Waals surface area contributed by atoms with Crippen molar-refractivity contribution in [2.75, 3.05) is 18.1 Å². The van der Waals surface area contributed by atoms with Gasteiger partial charge in [-0.05, 0) is 24.6 Å². The van der Waals surface area contributed by atoms with Gasteiger partial charge in [-0.3, -0.25) is 4.79 Å². The van der Waals surface area contributed by atoms with Crippen molar-refractivity contribution in [2.24, 2.45) is 0 Å². The number of carbonyl (C=O) groups is 1. The minimum absolute atomic E-state index is 0.0252. The van der Waals surface area contributed by atoms with Gasteiger partial charge in [0, 0.05) is 17.6 Å². The van der Waals surface area contributed by atoms with Crippen molar-refractivity contribution in [3.05, 3.63) is 33.6 Å². The van der Waals surface area contributed by atoms with Crippen molar-refractivity contribution in [2.45, 2.75) is 13.0 Å². The topological polar surface area (TPSA) is 83.5 Å². The summed E-state index contributed by atoms with van der Waals surface area (Å²) in [5.74, 6) is -3.27. The number of hydrogen-bond donors (Lipinski definition) is 2. The van der Waals surface area contributed by atoms with E-state index in [1.165, 1.54) is 12.1 Å². The standard InChI is InChI=1S/C12H14Cl2FNO4S/c1-7(8-4-11(15)10(14)5-9(8)13)16-2-3-21(19,20)6-12(17)18/h4-5,7,16H,2-3,6H2,1H3,(H,17,18). The Bertz CT molecular complexity index is 636. The van der Waals surface area contributed by atoms with Crippen LogP contribution in [0.2, 0.25) is 10.0 Å². The summed E-state index contributed by atoms with van der Waals surface area (Å²) in [5.41, 5.74) is 0.439. The molecule has 0 aliphatic heterocycles. The molecule has 0 aliphatic carbocycles. The molecule has 0 radical (unpaired) electrons. The third-order valence-corrected chi connectivity index (χ3v) is 4.84. The molecule has 21 heavy (non-hydrogen) atoms. The molecule has 0 spiro atoms. The van der Waals surface area contributed by atoms with Crippen molar-refractivity contribution in [3.63, 3.8) is 0 Å². The maximum absolute atomic E-state index is 13.4. The summed E-state index contributed by atoms with van der Waals surface area (Å²) in [6.07, 6.45) is 0. The molecule has 1 aromatic carbocycles. The van der Waals surface area contributed by atoms with Crippen molar-refractivity contribution < 1.29 is 22.7 Å². The molecular weight excluding hydrogens is 344 g/mol. The van der Waals surface area contributed by atoms with Gasteiger partial charge in [0.05, 0.1) is 10.8 Å². The molecule has 1 rings (SSSR count). The fraction of sp³-hybridized carbons (Fsp3) is 0.417. The third kappa shape index (κ3) is 5.78. The van der Waals surface area contributed by atoms with Gasteiger partial charge in [0.2, 0.25) is 0 Å². The first kappa shape index (κ1) is 18.2. The highest BCUT2D eigenvalue weighted by atomic mass is 35.5. The molecule has 0 saturated carbocycles. The van der Waals surface area contributed by atoms with Crippen LogP contribution in [0.25, 0.3) is 0 Å². The van der Waals surface area contributed by atoms with Gasteiger partial charge >= 0.3 is 5.97 Å². The predicted octanol–water partition coefficient (Wildman–Crippen LogP) is 2.28. The minimum Gasteiger partial charge on any atom is -0.480 e. The number of carboxylic acids is 1. The SMILES string of the molecule is CC(NCCS(=O)(=O)CC(=O)O)c1cc(F)c(Cl)cc1Cl. The molecule has 118 valence electrons. The van der Waals surface area contributed by atoms with Crippen LogP contribution < -0.4 is 5.32 Å². The second kappa shape index (κ2) is 7.40. The van der Waals surface area contributed by atoms with E-state index < -0.39 is 33.4 Å². The first-order valence-electron chi connectivity index (χ1n) is 5.92. The number of benzene rings is 1. The Morgan fingerprint density at radius 2 is 2.00 bits per heavy atom. The lowest BCUT2D eigenvalue weighted by atomic mass is 10.1. The Morgan fingerprint density at radius 3 is 2.57 bits per heavy atom. The number of hydrogen-bond acceptors (Lipinski definition) is 4. The third-order valence-electron chi connectivity index (χ3n) is 2.71. The Hall–Kier alpha value is -0.890. The van der Waals surface area contributed by atoms with Crippen LogP contribution in [0.3, 0.4) is 0 Å². The highest BCUT2D eigenvalue weighted by Crippen LogP contribution is 2.28. The predicted molar refractivity (Wildman–Crippen MR) is 79.1 cm³/mol. The summed E-state index contributed by atoms with van der Waals surface area (Å²) in [6, 6.07) is 2.03. The van der Waals surface area contributed by atoms with Crippen LogP contribution >= 0.6 is 23.2 Å². The lowest BCUT2D eigenvalue weighted by Crippen LogP contribution is -2.28. The molecule has 0 heterocycles. The Morgan fingerprint density at radius 1 is 1.38 bits per heavy atom. The van der Waals surface area contributed by atoms with E-state index >= 15 is 0 Å². The van der Waals surface area contributed by atoms with Gasteiger partial charge in [-0.2, -0.15) is 0 Å². The lowest BCUT2D eigenvalue weighted by Gasteiger charge is -2.16. The first-order chi connectivity index (χ1) is 9.62. The summed E-state index contributed by atoms with van der Waals surface area (Å²) < 4.78 is 36.2. The average Bonchev–Trinajstić information content (AvgIpc) is 2.31. The summed E-state index contributed by atoms with van der Waals surface area (Å²) in [7, 11) is -3.67. The molecule has 0 aromatic heterocycles. The van der Waals surface area contributed by atoms with E-state index in [1.54, 1.807) is 6.92 Å². The maximum Gasteiger partial charge on any atom is 0.318 e. The van der Waals surface area contributed by atoms with Gasteiger partial charge < -0.3 is 10.4 Å². The molecule has 5 nitrogen and oxygen atoms in total. The van der Waals surface area contributed by atoms with Crippen LogP contribution in [0, 0.1) is 5.82 Å². The van der Waals surface area contributed by atoms with E-state index in [1.807, 2.05) is 0 Å². The first-order valence-corrected chi connectivity index (χ1v) is 8.50. The zero-order chi connectivity index (χ0) is 16.2. The second-order valence-corrected chi connectivity index (χ2v) is 7.45. The van der Waals surface area contributed by atoms with E-state index in [-0.39, 0.29) is 22.3 Å². The quantitative estimate of drug-likeness (QED) is 0.731. The average molecular weight is 358 g/mol. The number of halogens is 3. The van der Waals surface area contributed by atoms with E-state index in [2.05, 4.69) is 5.32 Å². The van der Waals surface area contributed by atoms with Gasteiger partial charge in [-0.1, -0.05) is 23.2 Å². The van der Waals surface area contributed by atoms with Crippen LogP contribution in [0.5, 0.6) is 0 Å². The summed E-state index contributed by atoms with van der Waals surface area (Å²) in [4.78, 5) is 10.4. The Labute approximate surface area is 132 Å². The highest BCUT2D eigenvalue weighted by molar-refractivity contribution is 7.92. The lowest BCUT2D eigenvalue weighted by molar-refractivity contribution is -0.134. The Kier molecular flexibility index (Phi) is 6.40. The van der Waals surface area contributed by atoms with Gasteiger partial charge in [-0.15, -0.1) is 0 Å². The van der Waals surface area contributed by atoms with Gasteiger partial charge in [0.15, 0.2) is 9.84 Å².